The van der Waals surface area contributed by atoms with Crippen LogP contribution in [0.5, 0.6) is 5.75 Å². The third kappa shape index (κ3) is 15.0. The van der Waals surface area contributed by atoms with Gasteiger partial charge in [0.25, 0.3) is 5.69 Å². The summed E-state index contributed by atoms with van der Waals surface area (Å²) in [5.41, 5.74) is 2.36. The van der Waals surface area contributed by atoms with E-state index in [1.807, 2.05) is 91.0 Å². The normalized spacial score (nSPS) is 10.4. The average Bonchev–Trinajstić information content (AvgIpc) is 3.20. The zero-order valence-electron chi connectivity index (χ0n) is 29.9. The number of esters is 1. The van der Waals surface area contributed by atoms with Crippen molar-refractivity contribution in [3.8, 4) is 5.75 Å². The van der Waals surface area contributed by atoms with Crippen molar-refractivity contribution in [2.45, 2.75) is 45.5 Å². The highest BCUT2D eigenvalue weighted by Gasteiger charge is 2.20. The van der Waals surface area contributed by atoms with Crippen molar-refractivity contribution in [1.29, 1.82) is 0 Å². The van der Waals surface area contributed by atoms with Crippen molar-refractivity contribution in [2.24, 2.45) is 0 Å². The van der Waals surface area contributed by atoms with Crippen LogP contribution in [0.25, 0.3) is 0 Å². The van der Waals surface area contributed by atoms with Gasteiger partial charge in [0.15, 0.2) is 0 Å². The molecule has 14 nitrogen and oxygen atoms in total. The van der Waals surface area contributed by atoms with Gasteiger partial charge in [-0.2, -0.15) is 0 Å². The predicted molar refractivity (Wildman–Crippen MR) is 198 cm³/mol. The third-order valence-electron chi connectivity index (χ3n) is 7.98. The van der Waals surface area contributed by atoms with Crippen molar-refractivity contribution in [2.75, 3.05) is 32.7 Å². The number of hydrogen-bond acceptors (Lipinski definition) is 10. The fraction of sp³-hybridized carbons (Fsp3) is 0.300. The summed E-state index contributed by atoms with van der Waals surface area (Å²) < 4.78 is 21.7. The van der Waals surface area contributed by atoms with E-state index in [-0.39, 0.29) is 57.3 Å². The Morgan fingerprint density at radius 3 is 1.50 bits per heavy atom. The number of carbonyl (C=O) groups is 4. The molecule has 14 heteroatoms. The second-order valence-corrected chi connectivity index (χ2v) is 12.1. The first-order valence-electron chi connectivity index (χ1n) is 17.6. The largest absolute Gasteiger partial charge is 0.445 e. The smallest absolute Gasteiger partial charge is 0.410 e. The highest BCUT2D eigenvalue weighted by Crippen LogP contribution is 2.18. The number of nitrogens with one attached hydrogen (secondary N) is 1. The number of hydrogen-bond donors (Lipinski definition) is 1. The van der Waals surface area contributed by atoms with E-state index in [1.165, 1.54) is 29.2 Å². The van der Waals surface area contributed by atoms with E-state index in [9.17, 15) is 29.3 Å². The van der Waals surface area contributed by atoms with Gasteiger partial charge in [-0.15, -0.1) is 0 Å². The van der Waals surface area contributed by atoms with Crippen LogP contribution in [0.2, 0.25) is 0 Å². The molecular formula is C40H44N4O10. The molecule has 0 radical (unpaired) electrons. The maximum Gasteiger partial charge on any atom is 0.410 e. The predicted octanol–water partition coefficient (Wildman–Crippen LogP) is 7.26. The topological polar surface area (TPSA) is 167 Å². The Morgan fingerprint density at radius 1 is 0.574 bits per heavy atom. The van der Waals surface area contributed by atoms with E-state index in [0.29, 0.717) is 32.4 Å². The summed E-state index contributed by atoms with van der Waals surface area (Å²) in [4.78, 5) is 64.5. The zero-order valence-corrected chi connectivity index (χ0v) is 29.9. The molecule has 0 fully saturated rings. The molecule has 3 amide bonds. The lowest BCUT2D eigenvalue weighted by molar-refractivity contribution is -0.384. The maximum absolute atomic E-state index is 13.2. The summed E-state index contributed by atoms with van der Waals surface area (Å²) >= 11 is 0. The van der Waals surface area contributed by atoms with E-state index in [0.717, 1.165) is 16.7 Å². The Hall–Kier alpha value is -6.44. The van der Waals surface area contributed by atoms with Crippen LogP contribution in [-0.4, -0.2) is 71.7 Å². The number of non-ortho nitro benzene ring substituents is 1. The standard InChI is InChI=1S/C40H44N4O10/c45-37(54-36-21-19-35(20-22-36)44(49)50)23-28-43(40(48)53-31-34-17-8-3-9-18-34)26-11-10-25-42(39(47)52-30-33-15-6-2-7-16-33)27-12-24-41-38(46)51-29-32-13-4-1-5-14-32/h1-9,13-22H,10-12,23-31H2,(H,41,46). The average molecular weight is 741 g/mol. The van der Waals surface area contributed by atoms with E-state index in [1.54, 1.807) is 4.90 Å². The summed E-state index contributed by atoms with van der Waals surface area (Å²) in [6.45, 7) is 1.37. The van der Waals surface area contributed by atoms with Gasteiger partial charge < -0.3 is 34.1 Å². The minimum atomic E-state index is -0.630. The first kappa shape index (κ1) is 40.3. The molecule has 0 unspecified atom stereocenters. The Kier molecular flexibility index (Phi) is 16.8. The van der Waals surface area contributed by atoms with Gasteiger partial charge in [0.05, 0.1) is 11.3 Å². The first-order valence-corrected chi connectivity index (χ1v) is 17.6. The lowest BCUT2D eigenvalue weighted by Crippen LogP contribution is -2.37. The molecule has 0 atom stereocenters. The Morgan fingerprint density at radius 2 is 1.02 bits per heavy atom. The van der Waals surface area contributed by atoms with E-state index >= 15 is 0 Å². The molecule has 0 spiro atoms. The van der Waals surface area contributed by atoms with Gasteiger partial charge >= 0.3 is 24.2 Å². The molecule has 0 aromatic heterocycles. The monoisotopic (exact) mass is 740 g/mol. The minimum absolute atomic E-state index is 0.00564. The number of benzene rings is 4. The Labute approximate surface area is 313 Å². The van der Waals surface area contributed by atoms with Crippen LogP contribution in [0.15, 0.2) is 115 Å². The zero-order chi connectivity index (χ0) is 38.4. The highest BCUT2D eigenvalue weighted by atomic mass is 16.6. The van der Waals surface area contributed by atoms with Crippen LogP contribution in [-0.2, 0) is 38.8 Å². The van der Waals surface area contributed by atoms with Crippen molar-refractivity contribution in [3.63, 3.8) is 0 Å². The van der Waals surface area contributed by atoms with Crippen LogP contribution < -0.4 is 10.1 Å². The summed E-state index contributed by atoms with van der Waals surface area (Å²) in [6.07, 6.45) is -0.461. The van der Waals surface area contributed by atoms with Crippen LogP contribution >= 0.6 is 0 Å². The third-order valence-corrected chi connectivity index (χ3v) is 7.98. The number of carbonyl (C=O) groups excluding carboxylic acids is 4. The molecule has 0 bridgehead atoms. The van der Waals surface area contributed by atoms with E-state index in [2.05, 4.69) is 5.32 Å². The van der Waals surface area contributed by atoms with Gasteiger partial charge in [-0.05, 0) is 48.1 Å². The lowest BCUT2D eigenvalue weighted by atomic mass is 10.2. The SMILES string of the molecule is O=C(CCN(CCCCN(CCCNC(=O)OCc1ccccc1)C(=O)OCc1ccccc1)C(=O)OCc1ccccc1)Oc1ccc([N+](=O)[O-])cc1. The number of rotatable bonds is 20. The van der Waals surface area contributed by atoms with Gasteiger partial charge in [-0.3, -0.25) is 14.9 Å². The fourth-order valence-corrected chi connectivity index (χ4v) is 5.09. The van der Waals surface area contributed by atoms with Crippen molar-refractivity contribution >= 4 is 29.9 Å². The second kappa shape index (κ2) is 22.5. The number of amides is 3. The number of nitro groups is 1. The minimum Gasteiger partial charge on any atom is -0.445 e. The quantitative estimate of drug-likeness (QED) is 0.0243. The van der Waals surface area contributed by atoms with Crippen molar-refractivity contribution < 1.29 is 43.0 Å². The molecule has 1 N–H and O–H groups in total. The van der Waals surface area contributed by atoms with Crippen LogP contribution in [0.4, 0.5) is 20.1 Å². The molecule has 4 aromatic rings. The molecule has 54 heavy (non-hydrogen) atoms. The lowest BCUT2D eigenvalue weighted by Gasteiger charge is -2.24. The van der Waals surface area contributed by atoms with E-state index < -0.39 is 29.2 Å². The molecule has 0 aliphatic rings. The van der Waals surface area contributed by atoms with Gasteiger partial charge in [-0.25, -0.2) is 14.4 Å². The molecule has 4 aromatic carbocycles. The van der Waals surface area contributed by atoms with Gasteiger partial charge in [0.2, 0.25) is 0 Å². The van der Waals surface area contributed by atoms with Crippen molar-refractivity contribution in [3.05, 3.63) is 142 Å². The van der Waals surface area contributed by atoms with Crippen molar-refractivity contribution in [1.82, 2.24) is 15.1 Å². The Balaban J connectivity index is 1.29. The number of ether oxygens (including phenoxy) is 4. The van der Waals surface area contributed by atoms with Crippen LogP contribution in [0.1, 0.15) is 42.4 Å². The molecule has 0 aliphatic heterocycles. The molecule has 4 rings (SSSR count). The molecular weight excluding hydrogens is 696 g/mol. The summed E-state index contributed by atoms with van der Waals surface area (Å²) in [5.74, 6) is -0.489. The summed E-state index contributed by atoms with van der Waals surface area (Å²) in [7, 11) is 0. The Bertz CT molecular complexity index is 1760. The fourth-order valence-electron chi connectivity index (χ4n) is 5.09. The molecule has 0 saturated heterocycles. The number of unbranched alkanes of at least 4 members (excludes halogenated alkanes) is 1. The maximum atomic E-state index is 13.2. The highest BCUT2D eigenvalue weighted by molar-refractivity contribution is 5.74. The van der Waals surface area contributed by atoms with Gasteiger partial charge in [-0.1, -0.05) is 91.0 Å². The molecule has 0 heterocycles. The molecule has 0 saturated carbocycles. The molecule has 284 valence electrons. The van der Waals surface area contributed by atoms with Gasteiger partial charge in [0, 0.05) is 44.9 Å². The van der Waals surface area contributed by atoms with Crippen LogP contribution in [0.3, 0.4) is 0 Å². The number of nitro benzene ring substituents is 1. The number of alkyl carbamates (subject to hydrolysis) is 1. The second-order valence-electron chi connectivity index (χ2n) is 12.1. The summed E-state index contributed by atoms with van der Waals surface area (Å²) in [6, 6.07) is 32.9. The van der Waals surface area contributed by atoms with Crippen LogP contribution in [0, 0.1) is 10.1 Å². The number of nitrogens with zero attached hydrogens (tertiary/aromatic N) is 3. The molecule has 0 aliphatic carbocycles. The van der Waals surface area contributed by atoms with E-state index in [4.69, 9.17) is 18.9 Å². The summed E-state index contributed by atoms with van der Waals surface area (Å²) in [5, 5.41) is 13.6. The first-order chi connectivity index (χ1) is 26.3. The van der Waals surface area contributed by atoms with Gasteiger partial charge in [0.1, 0.15) is 25.6 Å².